The van der Waals surface area contributed by atoms with Crippen LogP contribution in [0.25, 0.3) is 12.7 Å². The summed E-state index contributed by atoms with van der Waals surface area (Å²) in [5.41, 5.74) is 2.62. The van der Waals surface area contributed by atoms with Crippen LogP contribution in [-0.4, -0.2) is 12.3 Å². The normalized spacial score (nSPS) is 11.5. The number of methoxy groups -OCH3 is 1. The van der Waals surface area contributed by atoms with Gasteiger partial charge in [-0.15, -0.1) is 0 Å². The first-order valence-electron chi connectivity index (χ1n) is 7.81. The van der Waals surface area contributed by atoms with E-state index in [-0.39, 0.29) is 0 Å². The molecule has 5 heteroatoms. The molecular formula is C20H19NO4. The Labute approximate surface area is 144 Å². The first-order valence-corrected chi connectivity index (χ1v) is 7.81. The van der Waals surface area contributed by atoms with Gasteiger partial charge in [0.05, 0.1) is 17.7 Å². The quantitative estimate of drug-likeness (QED) is 0.774. The van der Waals surface area contributed by atoms with E-state index in [1.54, 1.807) is 19.3 Å². The molecule has 2 aromatic carbocycles. The lowest BCUT2D eigenvalue weighted by atomic mass is 10.1. The van der Waals surface area contributed by atoms with E-state index in [2.05, 4.69) is 11.7 Å². The lowest BCUT2D eigenvalue weighted by Crippen LogP contribution is -2.31. The van der Waals surface area contributed by atoms with Crippen molar-refractivity contribution in [2.75, 3.05) is 7.11 Å². The lowest BCUT2D eigenvalue weighted by Gasteiger charge is -2.11. The van der Waals surface area contributed by atoms with Gasteiger partial charge in [0.25, 0.3) is 0 Å². The molecule has 0 aliphatic carbocycles. The molecule has 0 saturated heterocycles. The topological polar surface area (TPSA) is 64.5 Å². The largest absolute Gasteiger partial charge is 0.493 e. The van der Waals surface area contributed by atoms with Crippen molar-refractivity contribution in [2.24, 2.45) is 0 Å². The molecule has 0 atom stereocenters. The summed E-state index contributed by atoms with van der Waals surface area (Å²) in [6.07, 6.45) is 1.69. The van der Waals surface area contributed by atoms with E-state index in [9.17, 15) is 4.79 Å². The Morgan fingerprint density at radius 3 is 2.56 bits per heavy atom. The molecule has 3 rings (SSSR count). The maximum Gasteiger partial charge on any atom is 0.365 e. The minimum atomic E-state index is -0.455. The summed E-state index contributed by atoms with van der Waals surface area (Å²) >= 11 is 0. The number of rotatable bonds is 5. The minimum Gasteiger partial charge on any atom is -0.493 e. The van der Waals surface area contributed by atoms with Gasteiger partial charge in [-0.25, -0.2) is 9.95 Å². The highest BCUT2D eigenvalue weighted by atomic mass is 16.5. The van der Waals surface area contributed by atoms with Gasteiger partial charge in [-0.3, -0.25) is 0 Å². The molecule has 0 bridgehead atoms. The number of ether oxygens (including phenoxy) is 2. The maximum absolute atomic E-state index is 11.6. The molecule has 0 unspecified atom stereocenters. The van der Waals surface area contributed by atoms with Crippen molar-refractivity contribution >= 4 is 12.7 Å². The number of aromatic amines is 1. The van der Waals surface area contributed by atoms with Crippen LogP contribution in [0.5, 0.6) is 11.5 Å². The molecule has 5 nitrogen and oxygen atoms in total. The number of aryl methyl sites for hydroxylation is 1. The molecule has 0 fully saturated rings. The highest BCUT2D eigenvalue weighted by molar-refractivity contribution is 5.55. The van der Waals surface area contributed by atoms with Crippen LogP contribution in [0.4, 0.5) is 0 Å². The van der Waals surface area contributed by atoms with Crippen molar-refractivity contribution in [1.82, 2.24) is 5.16 Å². The van der Waals surface area contributed by atoms with E-state index in [4.69, 9.17) is 14.0 Å². The van der Waals surface area contributed by atoms with Crippen LogP contribution in [0.1, 0.15) is 16.7 Å². The predicted molar refractivity (Wildman–Crippen MR) is 96.2 cm³/mol. The van der Waals surface area contributed by atoms with Gasteiger partial charge in [0, 0.05) is 0 Å². The second-order valence-corrected chi connectivity index (χ2v) is 5.71. The highest BCUT2D eigenvalue weighted by Gasteiger charge is 2.06. The van der Waals surface area contributed by atoms with E-state index in [1.807, 2.05) is 43.3 Å². The molecule has 0 aliphatic heterocycles. The number of H-pyrrole nitrogens is 1. The smallest absolute Gasteiger partial charge is 0.365 e. The van der Waals surface area contributed by atoms with E-state index >= 15 is 0 Å². The average Bonchev–Trinajstić information content (AvgIpc) is 2.93. The van der Waals surface area contributed by atoms with Crippen molar-refractivity contribution < 1.29 is 14.0 Å². The number of aromatic nitrogens is 1. The second-order valence-electron chi connectivity index (χ2n) is 5.71. The Morgan fingerprint density at radius 2 is 1.92 bits per heavy atom. The molecule has 1 heterocycles. The van der Waals surface area contributed by atoms with E-state index in [0.717, 1.165) is 11.1 Å². The fraction of sp³-hybridized carbons (Fsp3) is 0.150. The van der Waals surface area contributed by atoms with E-state index < -0.39 is 5.63 Å². The van der Waals surface area contributed by atoms with Crippen LogP contribution in [-0.2, 0) is 6.61 Å². The molecule has 0 radical (unpaired) electrons. The molecule has 0 aliphatic rings. The maximum atomic E-state index is 11.6. The van der Waals surface area contributed by atoms with E-state index in [0.29, 0.717) is 28.7 Å². The summed E-state index contributed by atoms with van der Waals surface area (Å²) in [5, 5.41) is 3.27. The Bertz CT molecular complexity index is 998. The van der Waals surface area contributed by atoms with Crippen LogP contribution in [0.2, 0.25) is 0 Å². The molecule has 1 N–H and O–H groups in total. The molecule has 0 saturated carbocycles. The van der Waals surface area contributed by atoms with Gasteiger partial charge in [-0.1, -0.05) is 42.5 Å². The van der Waals surface area contributed by atoms with E-state index in [1.165, 1.54) is 5.56 Å². The standard InChI is InChI=1S/C20H19NO4/c1-13-4-6-15(7-5-13)12-24-18-9-8-16(11-19(18)23-3)10-17-14(2)21-25-20(17)22/h4-11,21H,2,12H2,1,3H3. The third-order valence-corrected chi connectivity index (χ3v) is 3.83. The van der Waals surface area contributed by atoms with Crippen molar-refractivity contribution in [3.05, 3.63) is 80.1 Å². The first kappa shape index (κ1) is 16.6. The first-order chi connectivity index (χ1) is 12.1. The fourth-order valence-electron chi connectivity index (χ4n) is 2.39. The number of nitrogens with one attached hydrogen (secondary N) is 1. The van der Waals surface area contributed by atoms with Gasteiger partial charge in [0.15, 0.2) is 11.5 Å². The molecule has 0 amide bonds. The Hall–Kier alpha value is -3.21. The van der Waals surface area contributed by atoms with Crippen LogP contribution in [0.3, 0.4) is 0 Å². The molecule has 25 heavy (non-hydrogen) atoms. The second kappa shape index (κ2) is 7.13. The predicted octanol–water partition coefficient (Wildman–Crippen LogP) is 2.10. The van der Waals surface area contributed by atoms with Gasteiger partial charge in [-0.2, -0.15) is 0 Å². The average molecular weight is 337 g/mol. The number of hydrogen-bond acceptors (Lipinski definition) is 4. The van der Waals surface area contributed by atoms with Crippen LogP contribution >= 0.6 is 0 Å². The fourth-order valence-corrected chi connectivity index (χ4v) is 2.39. The third-order valence-electron chi connectivity index (χ3n) is 3.83. The number of benzene rings is 2. The summed E-state index contributed by atoms with van der Waals surface area (Å²) in [5.74, 6) is 1.22. The van der Waals surface area contributed by atoms with Crippen LogP contribution < -0.4 is 25.7 Å². The molecule has 0 spiro atoms. The molecular weight excluding hydrogens is 318 g/mol. The third kappa shape index (κ3) is 3.83. The number of hydrogen-bond donors (Lipinski definition) is 1. The van der Waals surface area contributed by atoms with Crippen LogP contribution in [0.15, 0.2) is 51.8 Å². The Morgan fingerprint density at radius 1 is 1.16 bits per heavy atom. The van der Waals surface area contributed by atoms with Crippen molar-refractivity contribution in [3.63, 3.8) is 0 Å². The monoisotopic (exact) mass is 337 g/mol. The molecule has 3 aromatic rings. The van der Waals surface area contributed by atoms with Gasteiger partial charge in [-0.05, 0) is 36.3 Å². The zero-order chi connectivity index (χ0) is 17.8. The summed E-state index contributed by atoms with van der Waals surface area (Å²) in [6.45, 7) is 6.23. The summed E-state index contributed by atoms with van der Waals surface area (Å²) in [7, 11) is 1.58. The van der Waals surface area contributed by atoms with Crippen molar-refractivity contribution in [3.8, 4) is 11.5 Å². The van der Waals surface area contributed by atoms with Crippen molar-refractivity contribution in [1.29, 1.82) is 0 Å². The zero-order valence-corrected chi connectivity index (χ0v) is 14.2. The van der Waals surface area contributed by atoms with Gasteiger partial charge < -0.3 is 14.0 Å². The zero-order valence-electron chi connectivity index (χ0n) is 14.2. The SMILES string of the molecule is C=c1[nH]oc(=O)c1=Cc1ccc(OCc2ccc(C)cc2)c(OC)c1. The lowest BCUT2D eigenvalue weighted by molar-refractivity contribution is 0.284. The van der Waals surface area contributed by atoms with Crippen LogP contribution in [0, 0.1) is 6.92 Å². The highest BCUT2D eigenvalue weighted by Crippen LogP contribution is 2.29. The summed E-state index contributed by atoms with van der Waals surface area (Å²) in [4.78, 5) is 11.6. The Balaban J connectivity index is 1.85. The van der Waals surface area contributed by atoms with Gasteiger partial charge in [0.1, 0.15) is 6.61 Å². The molecule has 128 valence electrons. The van der Waals surface area contributed by atoms with Crippen molar-refractivity contribution in [2.45, 2.75) is 13.5 Å². The minimum absolute atomic E-state index is 0.385. The summed E-state index contributed by atoms with van der Waals surface area (Å²) in [6, 6.07) is 13.6. The van der Waals surface area contributed by atoms with Gasteiger partial charge in [0.2, 0.25) is 0 Å². The molecule has 1 aromatic heterocycles. The van der Waals surface area contributed by atoms with Gasteiger partial charge >= 0.3 is 5.63 Å². The summed E-state index contributed by atoms with van der Waals surface area (Å²) < 4.78 is 16.0. The Kier molecular flexibility index (Phi) is 4.75.